The number of aromatic amines is 1. The van der Waals surface area contributed by atoms with E-state index in [1.807, 2.05) is 4.98 Å². The molecular weight excluding hydrogens is 500 g/mol. The number of halogens is 1. The summed E-state index contributed by atoms with van der Waals surface area (Å²) in [4.78, 5) is 37.7. The second-order valence-electron chi connectivity index (χ2n) is 8.92. The SMILES string of the molecule is CC(C)OC(=O)C(C)NP(=O)(OC[C@]1(F)C[C@@](C)(O)[C@H](n2ccc(=O)[nH]c2=O)O1)Oc1ccccc1. The maximum atomic E-state index is 15.7. The third-order valence-electron chi connectivity index (χ3n) is 5.06. The van der Waals surface area contributed by atoms with Crippen molar-refractivity contribution in [1.29, 1.82) is 0 Å². The molecule has 0 aliphatic carbocycles. The van der Waals surface area contributed by atoms with Crippen LogP contribution >= 0.6 is 7.75 Å². The van der Waals surface area contributed by atoms with E-state index in [4.69, 9.17) is 18.5 Å². The van der Waals surface area contributed by atoms with Crippen molar-refractivity contribution in [3.8, 4) is 5.75 Å². The number of carbonyl (C=O) groups is 1. The second kappa shape index (κ2) is 10.7. The van der Waals surface area contributed by atoms with Gasteiger partial charge in [-0.1, -0.05) is 18.2 Å². The molecule has 36 heavy (non-hydrogen) atoms. The first-order chi connectivity index (χ1) is 16.7. The number of hydrogen-bond donors (Lipinski definition) is 3. The van der Waals surface area contributed by atoms with Crippen LogP contribution in [0.3, 0.4) is 0 Å². The van der Waals surface area contributed by atoms with Gasteiger partial charge in [0.1, 0.15) is 24.0 Å². The average molecular weight is 529 g/mol. The summed E-state index contributed by atoms with van der Waals surface area (Å²) >= 11 is 0. The number of aliphatic hydroxyl groups is 1. The number of alkyl halides is 1. The molecule has 0 spiro atoms. The van der Waals surface area contributed by atoms with Gasteiger partial charge in [0.05, 0.1) is 6.10 Å². The lowest BCUT2D eigenvalue weighted by atomic mass is 9.99. The lowest BCUT2D eigenvalue weighted by molar-refractivity contribution is -0.182. The summed E-state index contributed by atoms with van der Waals surface area (Å²) < 4.78 is 51.3. The summed E-state index contributed by atoms with van der Waals surface area (Å²) in [5.74, 6) is -3.34. The van der Waals surface area contributed by atoms with E-state index >= 15 is 4.39 Å². The van der Waals surface area contributed by atoms with E-state index in [-0.39, 0.29) is 5.75 Å². The maximum absolute atomic E-state index is 15.7. The summed E-state index contributed by atoms with van der Waals surface area (Å²) in [5, 5.41) is 13.2. The number of ether oxygens (including phenoxy) is 2. The Morgan fingerprint density at radius 3 is 2.58 bits per heavy atom. The smallest absolute Gasteiger partial charge is 0.459 e. The molecule has 1 saturated heterocycles. The standard InChI is InChI=1S/C22H29FN3O9P/c1-14(2)33-18(28)15(3)25-36(31,35-16-8-6-5-7-9-16)32-13-22(23)12-21(4,30)19(34-22)26-11-10-17(27)24-20(26)29/h5-11,14-15,19,30H,12-13H2,1-4H3,(H,25,31)(H,24,27,29)/t15?,19-,21-,22+,36?/m1/s1. The van der Waals surface area contributed by atoms with Crippen molar-refractivity contribution in [1.82, 2.24) is 14.6 Å². The van der Waals surface area contributed by atoms with E-state index in [1.54, 1.807) is 32.0 Å². The Labute approximate surface area is 205 Å². The van der Waals surface area contributed by atoms with Gasteiger partial charge in [-0.05, 0) is 39.8 Å². The van der Waals surface area contributed by atoms with Crippen molar-refractivity contribution in [3.05, 3.63) is 63.4 Å². The molecule has 2 unspecified atom stereocenters. The Hall–Kier alpha value is -2.83. The predicted molar refractivity (Wildman–Crippen MR) is 125 cm³/mol. The second-order valence-corrected chi connectivity index (χ2v) is 10.6. The fourth-order valence-corrected chi connectivity index (χ4v) is 5.08. The van der Waals surface area contributed by atoms with Crippen molar-refractivity contribution in [2.75, 3.05) is 6.61 Å². The lowest BCUT2D eigenvalue weighted by Gasteiger charge is -2.26. The molecule has 5 atom stereocenters. The van der Waals surface area contributed by atoms with Gasteiger partial charge < -0.3 is 19.1 Å². The van der Waals surface area contributed by atoms with Gasteiger partial charge in [0.25, 0.3) is 5.56 Å². The molecule has 2 heterocycles. The first-order valence-corrected chi connectivity index (χ1v) is 12.6. The van der Waals surface area contributed by atoms with Gasteiger partial charge in [0.2, 0.25) is 5.85 Å². The van der Waals surface area contributed by atoms with Crippen molar-refractivity contribution >= 4 is 13.7 Å². The van der Waals surface area contributed by atoms with Gasteiger partial charge in [0.15, 0.2) is 6.23 Å². The van der Waals surface area contributed by atoms with Crippen LogP contribution in [0.1, 0.15) is 40.3 Å². The Morgan fingerprint density at radius 2 is 1.97 bits per heavy atom. The molecule has 14 heteroatoms. The van der Waals surface area contributed by atoms with Crippen LogP contribution in [0.25, 0.3) is 0 Å². The van der Waals surface area contributed by atoms with E-state index in [1.165, 1.54) is 26.0 Å². The van der Waals surface area contributed by atoms with E-state index in [0.717, 1.165) is 16.8 Å². The fraction of sp³-hybridized carbons (Fsp3) is 0.500. The zero-order valence-electron chi connectivity index (χ0n) is 20.2. The molecule has 1 aromatic heterocycles. The number of nitrogens with one attached hydrogen (secondary N) is 2. The number of rotatable bonds is 10. The van der Waals surface area contributed by atoms with Gasteiger partial charge in [-0.2, -0.15) is 5.09 Å². The van der Waals surface area contributed by atoms with Gasteiger partial charge in [-0.3, -0.25) is 23.7 Å². The molecule has 0 saturated carbocycles. The van der Waals surface area contributed by atoms with Crippen molar-refractivity contribution < 1.29 is 37.4 Å². The number of carbonyl (C=O) groups excluding carboxylic acids is 1. The van der Waals surface area contributed by atoms with E-state index in [2.05, 4.69) is 5.09 Å². The molecule has 198 valence electrons. The zero-order valence-corrected chi connectivity index (χ0v) is 21.1. The van der Waals surface area contributed by atoms with Crippen molar-refractivity contribution in [2.45, 2.75) is 63.9 Å². The molecular formula is C22H29FN3O9P. The highest BCUT2D eigenvalue weighted by molar-refractivity contribution is 7.52. The summed E-state index contributed by atoms with van der Waals surface area (Å²) in [6.45, 7) is 4.89. The topological polar surface area (TPSA) is 158 Å². The van der Waals surface area contributed by atoms with Crippen LogP contribution in [0.15, 0.2) is 52.2 Å². The molecule has 1 fully saturated rings. The Balaban J connectivity index is 1.81. The molecule has 3 rings (SSSR count). The number of nitrogens with zero attached hydrogens (tertiary/aromatic N) is 1. The van der Waals surface area contributed by atoms with Crippen LogP contribution < -0.4 is 20.9 Å². The molecule has 3 N–H and O–H groups in total. The molecule has 0 radical (unpaired) electrons. The van der Waals surface area contributed by atoms with E-state index in [9.17, 15) is 24.1 Å². The molecule has 0 bridgehead atoms. The van der Waals surface area contributed by atoms with Crippen LogP contribution in [0.2, 0.25) is 0 Å². The largest absolute Gasteiger partial charge is 0.462 e. The average Bonchev–Trinajstić information content (AvgIpc) is 3.01. The minimum Gasteiger partial charge on any atom is -0.462 e. The summed E-state index contributed by atoms with van der Waals surface area (Å²) in [6, 6.07) is 7.73. The number of esters is 1. The summed E-state index contributed by atoms with van der Waals surface area (Å²) in [6.07, 6.45) is -1.58. The minimum atomic E-state index is -4.41. The van der Waals surface area contributed by atoms with Gasteiger partial charge in [-0.15, -0.1) is 0 Å². The van der Waals surface area contributed by atoms with Gasteiger partial charge in [0, 0.05) is 18.7 Å². The normalized spacial score (nSPS) is 26.4. The number of hydrogen-bond acceptors (Lipinski definition) is 9. The van der Waals surface area contributed by atoms with E-state index < -0.39 is 67.8 Å². The highest BCUT2D eigenvalue weighted by Crippen LogP contribution is 2.50. The molecule has 1 aliphatic rings. The number of benzene rings is 1. The van der Waals surface area contributed by atoms with Crippen LogP contribution in [-0.2, 0) is 23.4 Å². The van der Waals surface area contributed by atoms with Crippen LogP contribution in [0, 0.1) is 0 Å². The van der Waals surface area contributed by atoms with Gasteiger partial charge in [-0.25, -0.2) is 13.8 Å². The Kier molecular flexibility index (Phi) is 8.21. The third-order valence-corrected chi connectivity index (χ3v) is 6.68. The first-order valence-electron chi connectivity index (χ1n) is 11.1. The molecule has 1 aliphatic heterocycles. The monoisotopic (exact) mass is 529 g/mol. The highest BCUT2D eigenvalue weighted by Gasteiger charge is 2.56. The third kappa shape index (κ3) is 6.89. The summed E-state index contributed by atoms with van der Waals surface area (Å²) in [5.41, 5.74) is -3.51. The minimum absolute atomic E-state index is 0.114. The quantitative estimate of drug-likeness (QED) is 0.307. The lowest BCUT2D eigenvalue weighted by Crippen LogP contribution is -2.40. The molecule has 2 aromatic rings. The van der Waals surface area contributed by atoms with Crippen molar-refractivity contribution in [3.63, 3.8) is 0 Å². The first kappa shape index (κ1) is 27.8. The van der Waals surface area contributed by atoms with Crippen LogP contribution in [0.5, 0.6) is 5.75 Å². The van der Waals surface area contributed by atoms with Crippen LogP contribution in [0.4, 0.5) is 4.39 Å². The van der Waals surface area contributed by atoms with Gasteiger partial charge >= 0.3 is 19.4 Å². The molecule has 12 nitrogen and oxygen atoms in total. The zero-order chi connectivity index (χ0) is 26.7. The number of aromatic nitrogens is 2. The number of H-pyrrole nitrogens is 1. The maximum Gasteiger partial charge on any atom is 0.459 e. The van der Waals surface area contributed by atoms with E-state index in [0.29, 0.717) is 0 Å². The predicted octanol–water partition coefficient (Wildman–Crippen LogP) is 2.01. The fourth-order valence-electron chi connectivity index (χ4n) is 3.56. The Morgan fingerprint density at radius 1 is 1.31 bits per heavy atom. The molecule has 0 amide bonds. The summed E-state index contributed by atoms with van der Waals surface area (Å²) in [7, 11) is -4.41. The Bertz CT molecular complexity index is 1230. The highest BCUT2D eigenvalue weighted by atomic mass is 31.2. The van der Waals surface area contributed by atoms with Crippen LogP contribution in [-0.4, -0.2) is 50.8 Å². The molecule has 1 aromatic carbocycles. The van der Waals surface area contributed by atoms with Crippen molar-refractivity contribution in [2.24, 2.45) is 0 Å². The number of para-hydroxylation sites is 1.